The van der Waals surface area contributed by atoms with Gasteiger partial charge in [-0.2, -0.15) is 0 Å². The Morgan fingerprint density at radius 2 is 1.95 bits per heavy atom. The van der Waals surface area contributed by atoms with Crippen molar-refractivity contribution in [1.82, 2.24) is 0 Å². The van der Waals surface area contributed by atoms with Crippen molar-refractivity contribution in [3.05, 3.63) is 28.3 Å². The second-order valence-electron chi connectivity index (χ2n) is 7.16. The number of fused-ring (bicyclic) bond motifs is 1. The van der Waals surface area contributed by atoms with Gasteiger partial charge < -0.3 is 4.74 Å². The van der Waals surface area contributed by atoms with Gasteiger partial charge in [0.25, 0.3) is 0 Å². The van der Waals surface area contributed by atoms with Crippen LogP contribution in [0.4, 0.5) is 0 Å². The van der Waals surface area contributed by atoms with Crippen LogP contribution in [0, 0.1) is 11.3 Å². The fraction of sp³-hybridized carbons (Fsp3) is 0.647. The molecule has 1 aromatic carbocycles. The molecule has 1 fully saturated rings. The first-order valence-electron chi connectivity index (χ1n) is 7.41. The second-order valence-corrected chi connectivity index (χ2v) is 7.56. The summed E-state index contributed by atoms with van der Waals surface area (Å²) in [5.74, 6) is 2.37. The highest BCUT2D eigenvalue weighted by Crippen LogP contribution is 2.49. The molecule has 0 spiro atoms. The Morgan fingerprint density at radius 3 is 2.58 bits per heavy atom. The maximum atomic E-state index is 6.35. The molecule has 104 valence electrons. The second kappa shape index (κ2) is 4.70. The first-order chi connectivity index (χ1) is 8.97. The van der Waals surface area contributed by atoms with Crippen LogP contribution in [0.25, 0.3) is 0 Å². The summed E-state index contributed by atoms with van der Waals surface area (Å²) in [5, 5.41) is 0.786. The van der Waals surface area contributed by atoms with Gasteiger partial charge in [0.15, 0.2) is 0 Å². The molecule has 0 amide bonds. The van der Waals surface area contributed by atoms with E-state index >= 15 is 0 Å². The van der Waals surface area contributed by atoms with Crippen molar-refractivity contribution in [2.75, 3.05) is 6.61 Å². The SMILES string of the molecule is CC(C)(C)[C@@H]1CCc2c1ccc(Cl)c2OCC1CC1. The molecule has 1 atom stereocenters. The van der Waals surface area contributed by atoms with E-state index in [0.29, 0.717) is 11.3 Å². The van der Waals surface area contributed by atoms with E-state index in [9.17, 15) is 0 Å². The van der Waals surface area contributed by atoms with E-state index in [0.717, 1.165) is 29.7 Å². The summed E-state index contributed by atoms with van der Waals surface area (Å²) in [7, 11) is 0. The standard InChI is InChI=1S/C17H23ClO/c1-17(2,3)14-8-6-13-12(14)7-9-15(18)16(13)19-10-11-4-5-11/h7,9,11,14H,4-6,8,10H2,1-3H3/t14-/m1/s1. The van der Waals surface area contributed by atoms with Gasteiger partial charge in [-0.3, -0.25) is 0 Å². The van der Waals surface area contributed by atoms with Gasteiger partial charge in [0, 0.05) is 0 Å². The average Bonchev–Trinajstić information content (AvgIpc) is 3.03. The summed E-state index contributed by atoms with van der Waals surface area (Å²) in [6.07, 6.45) is 4.96. The molecule has 0 N–H and O–H groups in total. The Hall–Kier alpha value is -0.690. The van der Waals surface area contributed by atoms with Crippen LogP contribution in [0.1, 0.15) is 57.1 Å². The predicted molar refractivity (Wildman–Crippen MR) is 80.2 cm³/mol. The van der Waals surface area contributed by atoms with Crippen LogP contribution in [0.2, 0.25) is 5.02 Å². The van der Waals surface area contributed by atoms with Gasteiger partial charge in [0.2, 0.25) is 0 Å². The van der Waals surface area contributed by atoms with Gasteiger partial charge in [-0.1, -0.05) is 38.4 Å². The van der Waals surface area contributed by atoms with Gasteiger partial charge in [0.05, 0.1) is 11.6 Å². The minimum atomic E-state index is 0.312. The molecule has 0 unspecified atom stereocenters. The van der Waals surface area contributed by atoms with E-state index < -0.39 is 0 Å². The smallest absolute Gasteiger partial charge is 0.141 e. The molecule has 0 radical (unpaired) electrons. The average molecular weight is 279 g/mol. The van der Waals surface area contributed by atoms with Crippen molar-refractivity contribution in [1.29, 1.82) is 0 Å². The van der Waals surface area contributed by atoms with Gasteiger partial charge in [-0.25, -0.2) is 0 Å². The van der Waals surface area contributed by atoms with Crippen LogP contribution in [-0.4, -0.2) is 6.61 Å². The lowest BCUT2D eigenvalue weighted by Gasteiger charge is -2.28. The van der Waals surface area contributed by atoms with Gasteiger partial charge in [-0.05, 0) is 60.1 Å². The summed E-state index contributed by atoms with van der Waals surface area (Å²) in [4.78, 5) is 0. The normalized spacial score (nSPS) is 22.4. The number of hydrogen-bond acceptors (Lipinski definition) is 1. The van der Waals surface area contributed by atoms with Gasteiger partial charge in [-0.15, -0.1) is 0 Å². The fourth-order valence-corrected chi connectivity index (χ4v) is 3.42. The molecule has 1 aromatic rings. The Labute approximate surface area is 121 Å². The van der Waals surface area contributed by atoms with E-state index in [-0.39, 0.29) is 0 Å². The van der Waals surface area contributed by atoms with Crippen LogP contribution in [-0.2, 0) is 6.42 Å². The molecule has 0 saturated heterocycles. The van der Waals surface area contributed by atoms with Crippen LogP contribution in [0.5, 0.6) is 5.75 Å². The fourth-order valence-electron chi connectivity index (χ4n) is 3.18. The molecule has 2 aliphatic rings. The van der Waals surface area contributed by atoms with Crippen molar-refractivity contribution < 1.29 is 4.74 Å². The van der Waals surface area contributed by atoms with E-state index in [1.54, 1.807) is 0 Å². The number of halogens is 1. The lowest BCUT2D eigenvalue weighted by Crippen LogP contribution is -2.15. The van der Waals surface area contributed by atoms with Crippen LogP contribution in [0.15, 0.2) is 12.1 Å². The van der Waals surface area contributed by atoms with Crippen molar-refractivity contribution in [2.45, 2.75) is 52.4 Å². The number of benzene rings is 1. The largest absolute Gasteiger partial charge is 0.491 e. The third-order valence-corrected chi connectivity index (χ3v) is 4.81. The molecule has 0 heterocycles. The maximum Gasteiger partial charge on any atom is 0.141 e. The Balaban J connectivity index is 1.90. The molecule has 3 rings (SSSR count). The maximum absolute atomic E-state index is 6.35. The summed E-state index contributed by atoms with van der Waals surface area (Å²) >= 11 is 6.35. The molecule has 0 bridgehead atoms. The van der Waals surface area contributed by atoms with Crippen molar-refractivity contribution in [3.63, 3.8) is 0 Å². The third-order valence-electron chi connectivity index (χ3n) is 4.51. The molecular weight excluding hydrogens is 256 g/mol. The molecule has 0 aromatic heterocycles. The highest BCUT2D eigenvalue weighted by molar-refractivity contribution is 6.32. The molecule has 19 heavy (non-hydrogen) atoms. The quantitative estimate of drug-likeness (QED) is 0.738. The van der Waals surface area contributed by atoms with E-state index in [1.807, 2.05) is 6.07 Å². The highest BCUT2D eigenvalue weighted by Gasteiger charge is 2.34. The van der Waals surface area contributed by atoms with Crippen LogP contribution >= 0.6 is 11.6 Å². The van der Waals surface area contributed by atoms with E-state index in [4.69, 9.17) is 16.3 Å². The number of rotatable bonds is 3. The molecule has 0 aliphatic heterocycles. The zero-order valence-electron chi connectivity index (χ0n) is 12.1. The third kappa shape index (κ3) is 2.63. The molecule has 2 heteroatoms. The Kier molecular flexibility index (Phi) is 3.29. The summed E-state index contributed by atoms with van der Waals surface area (Å²) in [6, 6.07) is 4.23. The molecular formula is C17H23ClO. The van der Waals surface area contributed by atoms with Crippen LogP contribution in [0.3, 0.4) is 0 Å². The summed E-state index contributed by atoms with van der Waals surface area (Å²) in [5.41, 5.74) is 3.14. The number of ether oxygens (including phenoxy) is 1. The Morgan fingerprint density at radius 1 is 1.21 bits per heavy atom. The molecule has 2 aliphatic carbocycles. The zero-order chi connectivity index (χ0) is 13.6. The molecule has 1 nitrogen and oxygen atoms in total. The van der Waals surface area contributed by atoms with Crippen molar-refractivity contribution in [3.8, 4) is 5.75 Å². The van der Waals surface area contributed by atoms with Crippen LogP contribution < -0.4 is 4.74 Å². The zero-order valence-corrected chi connectivity index (χ0v) is 12.9. The topological polar surface area (TPSA) is 9.23 Å². The number of hydrogen-bond donors (Lipinski definition) is 0. The lowest BCUT2D eigenvalue weighted by atomic mass is 9.77. The lowest BCUT2D eigenvalue weighted by molar-refractivity contribution is 0.297. The predicted octanol–water partition coefficient (Wildman–Crippen LogP) is 5.20. The summed E-state index contributed by atoms with van der Waals surface area (Å²) < 4.78 is 6.03. The Bertz CT molecular complexity index is 483. The minimum Gasteiger partial charge on any atom is -0.491 e. The van der Waals surface area contributed by atoms with E-state index in [1.165, 1.54) is 30.4 Å². The molecule has 1 saturated carbocycles. The van der Waals surface area contributed by atoms with Gasteiger partial charge >= 0.3 is 0 Å². The summed E-state index contributed by atoms with van der Waals surface area (Å²) in [6.45, 7) is 7.82. The van der Waals surface area contributed by atoms with Crippen molar-refractivity contribution >= 4 is 11.6 Å². The minimum absolute atomic E-state index is 0.312. The first kappa shape index (κ1) is 13.3. The first-order valence-corrected chi connectivity index (χ1v) is 7.78. The highest BCUT2D eigenvalue weighted by atomic mass is 35.5. The van der Waals surface area contributed by atoms with Gasteiger partial charge in [0.1, 0.15) is 5.75 Å². The monoisotopic (exact) mass is 278 g/mol. The van der Waals surface area contributed by atoms with Crippen molar-refractivity contribution in [2.24, 2.45) is 11.3 Å². The van der Waals surface area contributed by atoms with E-state index in [2.05, 4.69) is 26.8 Å².